The Morgan fingerprint density at radius 3 is 2.00 bits per heavy atom. The first-order valence-electron chi connectivity index (χ1n) is 4.45. The SMILES string of the molecule is C[CH2][Al+][CH2]C.[O-]c1ccccc1Cl. The molecular weight excluding hydrogens is 199 g/mol. The molecule has 0 aliphatic rings. The Morgan fingerprint density at radius 1 is 1.23 bits per heavy atom. The van der Waals surface area contributed by atoms with Gasteiger partial charge in [0.15, 0.2) is 0 Å². The summed E-state index contributed by atoms with van der Waals surface area (Å²) in [6.07, 6.45) is 0. The maximum atomic E-state index is 10.5. The van der Waals surface area contributed by atoms with Crippen LogP contribution in [0.2, 0.25) is 15.6 Å². The van der Waals surface area contributed by atoms with Crippen LogP contribution in [0.5, 0.6) is 5.75 Å². The van der Waals surface area contributed by atoms with E-state index in [4.69, 9.17) is 11.6 Å². The minimum absolute atomic E-state index is 0.117. The van der Waals surface area contributed by atoms with E-state index in [0.29, 0.717) is 0 Å². The largest absolute Gasteiger partial charge is 0.871 e. The number of para-hydroxylation sites is 1. The van der Waals surface area contributed by atoms with E-state index < -0.39 is 0 Å². The third kappa shape index (κ3) is 6.96. The fourth-order valence-electron chi connectivity index (χ4n) is 0.733. The third-order valence-electron chi connectivity index (χ3n) is 1.41. The quantitative estimate of drug-likeness (QED) is 0.692. The number of halogens is 1. The van der Waals surface area contributed by atoms with Crippen LogP contribution in [0.15, 0.2) is 24.3 Å². The van der Waals surface area contributed by atoms with E-state index in [-0.39, 0.29) is 10.8 Å². The molecule has 0 heterocycles. The summed E-state index contributed by atoms with van der Waals surface area (Å²) >= 11 is 6.21. The van der Waals surface area contributed by atoms with Crippen LogP contribution in [-0.2, 0) is 0 Å². The van der Waals surface area contributed by atoms with Crippen molar-refractivity contribution >= 4 is 26.8 Å². The van der Waals surface area contributed by atoms with Crippen LogP contribution in [0.4, 0.5) is 0 Å². The van der Waals surface area contributed by atoms with Gasteiger partial charge in [-0.2, -0.15) is 0 Å². The van der Waals surface area contributed by atoms with Crippen LogP contribution in [-0.4, -0.2) is 15.2 Å². The van der Waals surface area contributed by atoms with Crippen molar-refractivity contribution in [2.24, 2.45) is 0 Å². The summed E-state index contributed by atoms with van der Waals surface area (Å²) in [4.78, 5) is 0. The number of hydrogen-bond acceptors (Lipinski definition) is 1. The second kappa shape index (κ2) is 8.44. The number of hydrogen-bond donors (Lipinski definition) is 0. The molecule has 0 N–H and O–H groups in total. The molecule has 0 bridgehead atoms. The summed E-state index contributed by atoms with van der Waals surface area (Å²) in [6, 6.07) is 6.39. The summed E-state index contributed by atoms with van der Waals surface area (Å²) in [6.45, 7) is 4.50. The monoisotopic (exact) mass is 212 g/mol. The summed E-state index contributed by atoms with van der Waals surface area (Å²) < 4.78 is 0. The molecule has 0 aromatic heterocycles. The molecule has 0 unspecified atom stereocenters. The first kappa shape index (κ1) is 12.8. The molecule has 1 aromatic rings. The normalized spacial score (nSPS) is 8.23. The minimum atomic E-state index is -0.117. The van der Waals surface area contributed by atoms with Gasteiger partial charge in [0.1, 0.15) is 0 Å². The molecule has 0 saturated heterocycles. The van der Waals surface area contributed by atoms with E-state index in [0.717, 1.165) is 15.2 Å². The Hall–Kier alpha value is -0.158. The molecule has 1 rings (SSSR count). The summed E-state index contributed by atoms with van der Waals surface area (Å²) in [5, 5.41) is 13.6. The van der Waals surface area contributed by atoms with Crippen molar-refractivity contribution in [3.05, 3.63) is 29.3 Å². The summed E-state index contributed by atoms with van der Waals surface area (Å²) in [7, 11) is 0. The van der Waals surface area contributed by atoms with Crippen LogP contribution in [0.3, 0.4) is 0 Å². The maximum Gasteiger partial charge on any atom is 0.0327 e. The molecular formula is C10H14AlClO. The van der Waals surface area contributed by atoms with Gasteiger partial charge in [0, 0.05) is 5.02 Å². The molecule has 0 aliphatic carbocycles. The zero-order chi connectivity index (χ0) is 10.1. The van der Waals surface area contributed by atoms with Gasteiger partial charge in [-0.05, 0) is 6.07 Å². The van der Waals surface area contributed by atoms with E-state index in [9.17, 15) is 5.11 Å². The molecule has 0 radical (unpaired) electrons. The van der Waals surface area contributed by atoms with Crippen LogP contribution >= 0.6 is 11.6 Å². The van der Waals surface area contributed by atoms with Crippen molar-refractivity contribution in [3.8, 4) is 5.75 Å². The van der Waals surface area contributed by atoms with Crippen molar-refractivity contribution in [1.82, 2.24) is 0 Å². The Bertz CT molecular complexity index is 205. The number of benzene rings is 1. The van der Waals surface area contributed by atoms with E-state index >= 15 is 0 Å². The second-order valence-electron chi connectivity index (χ2n) is 2.54. The summed E-state index contributed by atoms with van der Waals surface area (Å²) in [5.74, 6) is -0.117. The first-order valence-corrected chi connectivity index (χ1v) is 6.46. The second-order valence-corrected chi connectivity index (χ2v) is 5.15. The van der Waals surface area contributed by atoms with Gasteiger partial charge in [-0.1, -0.05) is 35.5 Å². The van der Waals surface area contributed by atoms with Gasteiger partial charge in [0.2, 0.25) is 0 Å². The van der Waals surface area contributed by atoms with Gasteiger partial charge in [-0.3, -0.25) is 0 Å². The molecule has 0 saturated carbocycles. The standard InChI is InChI=1S/C6H5ClO.2C2H5.Al/c7-5-3-1-2-4-6(5)8;2*1-2;/h1-4,8H;2*1H2,2H3;/q;;;+1/p-1. The van der Waals surface area contributed by atoms with Crippen LogP contribution in [0.25, 0.3) is 0 Å². The van der Waals surface area contributed by atoms with Crippen LogP contribution in [0.1, 0.15) is 13.8 Å². The van der Waals surface area contributed by atoms with Gasteiger partial charge < -0.3 is 5.11 Å². The molecule has 3 heteroatoms. The fraction of sp³-hybridized carbons (Fsp3) is 0.400. The molecule has 0 aliphatic heterocycles. The molecule has 1 aromatic carbocycles. The third-order valence-corrected chi connectivity index (χ3v) is 2.88. The zero-order valence-corrected chi connectivity index (χ0v) is 10.00. The predicted molar refractivity (Wildman–Crippen MR) is 57.6 cm³/mol. The molecule has 0 atom stereocenters. The summed E-state index contributed by atoms with van der Waals surface area (Å²) in [5.41, 5.74) is 0. The van der Waals surface area contributed by atoms with Crippen molar-refractivity contribution < 1.29 is 5.11 Å². The molecule has 0 spiro atoms. The maximum absolute atomic E-state index is 10.5. The van der Waals surface area contributed by atoms with Crippen molar-refractivity contribution in [2.45, 2.75) is 24.4 Å². The van der Waals surface area contributed by atoms with E-state index in [1.54, 1.807) is 18.2 Å². The van der Waals surface area contributed by atoms with Crippen molar-refractivity contribution in [1.29, 1.82) is 0 Å². The zero-order valence-electron chi connectivity index (χ0n) is 8.09. The smallest absolute Gasteiger partial charge is 0.0327 e. The molecule has 0 fully saturated rings. The fourth-order valence-corrected chi connectivity index (χ4v) is 1.45. The van der Waals surface area contributed by atoms with E-state index in [1.165, 1.54) is 16.6 Å². The van der Waals surface area contributed by atoms with E-state index in [1.807, 2.05) is 0 Å². The van der Waals surface area contributed by atoms with Gasteiger partial charge in [0.25, 0.3) is 0 Å². The van der Waals surface area contributed by atoms with Gasteiger partial charge >= 0.3 is 39.6 Å². The topological polar surface area (TPSA) is 23.1 Å². The molecule has 1 nitrogen and oxygen atoms in total. The van der Waals surface area contributed by atoms with Gasteiger partial charge in [-0.25, -0.2) is 0 Å². The Balaban J connectivity index is 0.000000252. The van der Waals surface area contributed by atoms with E-state index in [2.05, 4.69) is 13.8 Å². The van der Waals surface area contributed by atoms with Crippen LogP contribution < -0.4 is 5.11 Å². The van der Waals surface area contributed by atoms with Gasteiger partial charge in [0.05, 0.1) is 0 Å². The average molecular weight is 213 g/mol. The average Bonchev–Trinajstić information content (AvgIpc) is 2.13. The molecule has 13 heavy (non-hydrogen) atoms. The first-order chi connectivity index (χ1) is 6.22. The predicted octanol–water partition coefficient (Wildman–Crippen LogP) is 2.98. The Labute approximate surface area is 91.5 Å². The van der Waals surface area contributed by atoms with Crippen molar-refractivity contribution in [3.63, 3.8) is 0 Å². The number of rotatable bonds is 2. The minimum Gasteiger partial charge on any atom is -0.871 e. The molecule has 70 valence electrons. The Kier molecular flexibility index (Phi) is 8.34. The Morgan fingerprint density at radius 2 is 1.77 bits per heavy atom. The van der Waals surface area contributed by atoms with Gasteiger partial charge in [-0.15, -0.1) is 0 Å². The van der Waals surface area contributed by atoms with Crippen LogP contribution in [0, 0.1) is 0 Å². The molecule has 0 amide bonds. The van der Waals surface area contributed by atoms with Crippen molar-refractivity contribution in [2.75, 3.05) is 0 Å².